The van der Waals surface area contributed by atoms with Gasteiger partial charge in [0.05, 0.1) is 24.4 Å². The van der Waals surface area contributed by atoms with Crippen LogP contribution in [0.15, 0.2) is 96.6 Å². The van der Waals surface area contributed by atoms with Crippen LogP contribution in [0.1, 0.15) is 35.4 Å². The minimum absolute atomic E-state index is 0.0466. The number of hydrogen-bond donors (Lipinski definition) is 2. The molecule has 3 aliphatic carbocycles. The van der Waals surface area contributed by atoms with Crippen molar-refractivity contribution in [3.8, 4) is 11.5 Å². The quantitative estimate of drug-likeness (QED) is 0.360. The normalized spacial score (nSPS) is 30.0. The highest BCUT2D eigenvalue weighted by Gasteiger charge is 2.65. The fourth-order valence-corrected chi connectivity index (χ4v) is 8.03. The molecule has 0 spiro atoms. The van der Waals surface area contributed by atoms with Crippen LogP contribution < -0.4 is 10.1 Å². The number of aromatic hydroxyl groups is 1. The summed E-state index contributed by atoms with van der Waals surface area (Å²) in [5.74, 6) is -3.78. The fourth-order valence-electron chi connectivity index (χ4n) is 8.03. The summed E-state index contributed by atoms with van der Waals surface area (Å²) < 4.78 is 5.47. The van der Waals surface area contributed by atoms with Crippen molar-refractivity contribution in [2.24, 2.45) is 23.7 Å². The molecule has 2 amide bonds. The van der Waals surface area contributed by atoms with E-state index in [2.05, 4.69) is 5.32 Å². The summed E-state index contributed by atoms with van der Waals surface area (Å²) in [6.45, 7) is 0. The summed E-state index contributed by atoms with van der Waals surface area (Å²) in [7, 11) is 1.46. The van der Waals surface area contributed by atoms with Crippen LogP contribution >= 0.6 is 0 Å². The Morgan fingerprint density at radius 1 is 0.881 bits per heavy atom. The van der Waals surface area contributed by atoms with Crippen LogP contribution in [0.3, 0.4) is 0 Å². The Hall–Kier alpha value is -4.78. The van der Waals surface area contributed by atoms with Crippen LogP contribution in [0.4, 0.5) is 0 Å². The first-order valence-corrected chi connectivity index (χ1v) is 14.2. The molecule has 6 atom stereocenters. The summed E-state index contributed by atoms with van der Waals surface area (Å²) in [6.07, 6.45) is 4.11. The van der Waals surface area contributed by atoms with Gasteiger partial charge in [0.1, 0.15) is 0 Å². The van der Waals surface area contributed by atoms with Gasteiger partial charge < -0.3 is 9.84 Å². The van der Waals surface area contributed by atoms with Gasteiger partial charge in [0.15, 0.2) is 23.1 Å². The number of nitrogens with one attached hydrogen (secondary N) is 1. The zero-order valence-electron chi connectivity index (χ0n) is 22.9. The molecule has 0 radical (unpaired) electrons. The van der Waals surface area contributed by atoms with Crippen molar-refractivity contribution in [2.75, 3.05) is 7.11 Å². The second kappa shape index (κ2) is 9.65. The van der Waals surface area contributed by atoms with Crippen molar-refractivity contribution in [1.29, 1.82) is 0 Å². The van der Waals surface area contributed by atoms with Gasteiger partial charge in [-0.25, -0.2) is 0 Å². The summed E-state index contributed by atoms with van der Waals surface area (Å²) >= 11 is 0. The second-order valence-electron chi connectivity index (χ2n) is 11.6. The molecule has 2 N–H and O–H groups in total. The fraction of sp³-hybridized carbons (Fsp3) is 0.257. The molecule has 0 aromatic heterocycles. The Balaban J connectivity index is 1.53. The van der Waals surface area contributed by atoms with Gasteiger partial charge in [-0.3, -0.25) is 24.5 Å². The van der Waals surface area contributed by atoms with E-state index in [0.29, 0.717) is 28.7 Å². The van der Waals surface area contributed by atoms with E-state index in [9.17, 15) is 24.3 Å². The van der Waals surface area contributed by atoms with E-state index in [4.69, 9.17) is 4.74 Å². The van der Waals surface area contributed by atoms with E-state index in [0.717, 1.165) is 5.57 Å². The Morgan fingerprint density at radius 2 is 1.60 bits per heavy atom. The number of carbonyl (C=O) groups is 4. The lowest BCUT2D eigenvalue weighted by Crippen LogP contribution is -2.58. The molecule has 7 nitrogen and oxygen atoms in total. The number of amides is 2. The van der Waals surface area contributed by atoms with Crippen molar-refractivity contribution in [1.82, 2.24) is 5.32 Å². The summed E-state index contributed by atoms with van der Waals surface area (Å²) in [6, 6.07) is 23.6. The Kier molecular flexibility index (Phi) is 6.01. The molecule has 2 fully saturated rings. The number of benzene rings is 3. The molecule has 1 saturated heterocycles. The molecule has 7 heteroatoms. The SMILES string of the molecule is COc1cc(C2C3=CCC4C(=O)NC(=O)C4C3CC3C(=O)C(c4ccccc4)=CC(=O)C32c2ccccc2)ccc1O. The summed E-state index contributed by atoms with van der Waals surface area (Å²) in [4.78, 5) is 55.5. The number of Topliss-reactive ketones (excluding diaryl/α,β-unsaturated/α-hetero) is 1. The van der Waals surface area contributed by atoms with Crippen LogP contribution in [0.25, 0.3) is 5.57 Å². The Bertz CT molecular complexity index is 1710. The standard InChI is InChI=1S/C35H29NO6/c1-42-28-16-20(12-15-27(28)37)31-22-13-14-23-30(34(41)36-33(23)40)25(22)17-26-32(39)24(19-8-4-2-5-9-19)18-29(38)35(26,31)21-10-6-3-7-11-21/h2-13,15-16,18,23,25-26,30-31,37H,14,17H2,1H3,(H,36,40,41). The molecule has 6 unspecified atom stereocenters. The Labute approximate surface area is 242 Å². The number of ketones is 2. The smallest absolute Gasteiger partial charge is 0.231 e. The molecular weight excluding hydrogens is 530 g/mol. The van der Waals surface area contributed by atoms with Gasteiger partial charge in [-0.05, 0) is 53.7 Å². The molecular formula is C35H29NO6. The van der Waals surface area contributed by atoms with Gasteiger partial charge in [0, 0.05) is 17.4 Å². The minimum atomic E-state index is -1.31. The van der Waals surface area contributed by atoms with Gasteiger partial charge >= 0.3 is 0 Å². The monoisotopic (exact) mass is 559 g/mol. The van der Waals surface area contributed by atoms with Crippen LogP contribution in [0.5, 0.6) is 11.5 Å². The molecule has 42 heavy (non-hydrogen) atoms. The van der Waals surface area contributed by atoms with Gasteiger partial charge in [-0.1, -0.05) is 78.4 Å². The first-order chi connectivity index (χ1) is 20.4. The molecule has 3 aromatic rings. The third-order valence-electron chi connectivity index (χ3n) is 9.75. The molecule has 1 heterocycles. The van der Waals surface area contributed by atoms with Crippen molar-refractivity contribution in [2.45, 2.75) is 24.2 Å². The van der Waals surface area contributed by atoms with Crippen molar-refractivity contribution in [3.05, 3.63) is 113 Å². The number of methoxy groups -OCH3 is 1. The lowest BCUT2D eigenvalue weighted by molar-refractivity contribution is -0.135. The highest BCUT2D eigenvalue weighted by molar-refractivity contribution is 6.31. The number of ether oxygens (including phenoxy) is 1. The number of phenols is 1. The maximum absolute atomic E-state index is 14.8. The maximum Gasteiger partial charge on any atom is 0.231 e. The molecule has 1 saturated carbocycles. The first-order valence-electron chi connectivity index (χ1n) is 14.2. The van der Waals surface area contributed by atoms with E-state index >= 15 is 0 Å². The van der Waals surface area contributed by atoms with E-state index in [-0.39, 0.29) is 41.3 Å². The minimum Gasteiger partial charge on any atom is -0.504 e. The number of allylic oxidation sites excluding steroid dienone is 4. The van der Waals surface area contributed by atoms with Crippen molar-refractivity contribution >= 4 is 29.0 Å². The summed E-state index contributed by atoms with van der Waals surface area (Å²) in [5.41, 5.74) is 1.97. The number of hydrogen-bond acceptors (Lipinski definition) is 6. The second-order valence-corrected chi connectivity index (χ2v) is 11.6. The van der Waals surface area contributed by atoms with Gasteiger partial charge in [-0.2, -0.15) is 0 Å². The van der Waals surface area contributed by atoms with Gasteiger partial charge in [0.2, 0.25) is 11.8 Å². The lowest BCUT2D eigenvalue weighted by Gasteiger charge is -2.55. The van der Waals surface area contributed by atoms with Crippen molar-refractivity contribution < 1.29 is 29.0 Å². The molecule has 7 rings (SSSR count). The van der Waals surface area contributed by atoms with E-state index in [1.807, 2.05) is 66.7 Å². The van der Waals surface area contributed by atoms with Gasteiger partial charge in [-0.15, -0.1) is 0 Å². The zero-order chi connectivity index (χ0) is 29.2. The largest absolute Gasteiger partial charge is 0.504 e. The maximum atomic E-state index is 14.8. The van der Waals surface area contributed by atoms with E-state index in [1.54, 1.807) is 12.1 Å². The van der Waals surface area contributed by atoms with Gasteiger partial charge in [0.25, 0.3) is 0 Å². The third kappa shape index (κ3) is 3.59. The Morgan fingerprint density at radius 3 is 2.31 bits per heavy atom. The molecule has 1 aliphatic heterocycles. The number of fused-ring (bicyclic) bond motifs is 4. The number of phenolic OH excluding ortho intramolecular Hbond substituents is 1. The third-order valence-corrected chi connectivity index (χ3v) is 9.75. The summed E-state index contributed by atoms with van der Waals surface area (Å²) in [5, 5.41) is 13.0. The van der Waals surface area contributed by atoms with Crippen molar-refractivity contribution in [3.63, 3.8) is 0 Å². The average molecular weight is 560 g/mol. The van der Waals surface area contributed by atoms with Crippen LogP contribution in [-0.2, 0) is 24.6 Å². The highest BCUT2D eigenvalue weighted by atomic mass is 16.5. The molecule has 210 valence electrons. The van der Waals surface area contributed by atoms with Crippen LogP contribution in [0.2, 0.25) is 0 Å². The van der Waals surface area contributed by atoms with Crippen LogP contribution in [-0.4, -0.2) is 35.6 Å². The predicted octanol–water partition coefficient (Wildman–Crippen LogP) is 4.51. The number of rotatable bonds is 4. The van der Waals surface area contributed by atoms with E-state index in [1.165, 1.54) is 19.3 Å². The number of carbonyl (C=O) groups excluding carboxylic acids is 4. The zero-order valence-corrected chi connectivity index (χ0v) is 22.9. The highest BCUT2D eigenvalue weighted by Crippen LogP contribution is 2.63. The molecule has 0 bridgehead atoms. The van der Waals surface area contributed by atoms with E-state index < -0.39 is 35.0 Å². The molecule has 4 aliphatic rings. The average Bonchev–Trinajstić information content (AvgIpc) is 3.32. The lowest BCUT2D eigenvalue weighted by atomic mass is 9.44. The number of imide groups is 1. The predicted molar refractivity (Wildman–Crippen MR) is 154 cm³/mol. The first kappa shape index (κ1) is 26.1. The van der Waals surface area contributed by atoms with Crippen LogP contribution in [0, 0.1) is 23.7 Å². The topological polar surface area (TPSA) is 110 Å². The molecule has 3 aromatic carbocycles.